The summed E-state index contributed by atoms with van der Waals surface area (Å²) in [6, 6.07) is 8.65. The third kappa shape index (κ3) is 3.47. The second-order valence-corrected chi connectivity index (χ2v) is 6.95. The van der Waals surface area contributed by atoms with Gasteiger partial charge in [0.25, 0.3) is 0 Å². The van der Waals surface area contributed by atoms with Gasteiger partial charge in [0.1, 0.15) is 0 Å². The highest BCUT2D eigenvalue weighted by Crippen LogP contribution is 2.19. The van der Waals surface area contributed by atoms with Crippen molar-refractivity contribution in [3.63, 3.8) is 0 Å². The molecule has 2 aromatic rings. The van der Waals surface area contributed by atoms with Crippen LogP contribution in [0.15, 0.2) is 47.6 Å². The molecule has 6 heteroatoms. The van der Waals surface area contributed by atoms with Crippen LogP contribution in [0.4, 0.5) is 0 Å². The highest BCUT2D eigenvalue weighted by molar-refractivity contribution is 7.89. The minimum atomic E-state index is -3.53. The largest absolute Gasteiger partial charge is 0.326 e. The number of rotatable bonds is 5. The van der Waals surface area contributed by atoms with Crippen molar-refractivity contribution in [3.05, 3.63) is 59.4 Å². The molecular formula is C15H19N3O2S. The van der Waals surface area contributed by atoms with E-state index in [-0.39, 0.29) is 4.90 Å². The van der Waals surface area contributed by atoms with Gasteiger partial charge in [0, 0.05) is 32.5 Å². The zero-order valence-corrected chi connectivity index (χ0v) is 13.0. The molecule has 1 heterocycles. The fourth-order valence-corrected chi connectivity index (χ4v) is 3.25. The lowest BCUT2D eigenvalue weighted by Gasteiger charge is -2.18. The molecule has 0 aliphatic carbocycles. The minimum Gasteiger partial charge on any atom is -0.326 e. The average molecular weight is 305 g/mol. The summed E-state index contributed by atoms with van der Waals surface area (Å²) in [5, 5.41) is 0. The van der Waals surface area contributed by atoms with Gasteiger partial charge in [-0.25, -0.2) is 8.42 Å². The summed E-state index contributed by atoms with van der Waals surface area (Å²) < 4.78 is 26.5. The summed E-state index contributed by atoms with van der Waals surface area (Å²) in [5.41, 5.74) is 8.37. The number of sulfonamides is 1. The first-order chi connectivity index (χ1) is 9.95. The number of nitrogens with zero attached hydrogens (tertiary/aromatic N) is 2. The Morgan fingerprint density at radius 2 is 1.86 bits per heavy atom. The maximum absolute atomic E-state index is 12.6. The van der Waals surface area contributed by atoms with Crippen LogP contribution < -0.4 is 5.73 Å². The monoisotopic (exact) mass is 305 g/mol. The second-order valence-electron chi connectivity index (χ2n) is 4.91. The van der Waals surface area contributed by atoms with Gasteiger partial charge in [-0.1, -0.05) is 6.07 Å². The van der Waals surface area contributed by atoms with Crippen LogP contribution in [-0.2, 0) is 23.1 Å². The van der Waals surface area contributed by atoms with Crippen molar-refractivity contribution in [2.45, 2.75) is 24.9 Å². The molecular weight excluding hydrogens is 286 g/mol. The van der Waals surface area contributed by atoms with E-state index < -0.39 is 10.0 Å². The lowest BCUT2D eigenvalue weighted by molar-refractivity contribution is 0.466. The topological polar surface area (TPSA) is 76.3 Å². The van der Waals surface area contributed by atoms with Crippen LogP contribution in [0.5, 0.6) is 0 Å². The molecule has 0 aliphatic heterocycles. The van der Waals surface area contributed by atoms with Crippen molar-refractivity contribution < 1.29 is 8.42 Å². The molecule has 1 aromatic heterocycles. The van der Waals surface area contributed by atoms with E-state index in [0.717, 1.165) is 16.7 Å². The molecule has 112 valence electrons. The summed E-state index contributed by atoms with van der Waals surface area (Å²) in [6.07, 6.45) is 3.29. The second kappa shape index (κ2) is 6.34. The van der Waals surface area contributed by atoms with E-state index in [2.05, 4.69) is 4.98 Å². The fraction of sp³-hybridized carbons (Fsp3) is 0.267. The van der Waals surface area contributed by atoms with Gasteiger partial charge in [-0.3, -0.25) is 4.98 Å². The van der Waals surface area contributed by atoms with Crippen LogP contribution in [0.3, 0.4) is 0 Å². The predicted octanol–water partition coefficient (Wildman–Crippen LogP) is 1.67. The number of hydrogen-bond acceptors (Lipinski definition) is 4. The molecule has 0 aliphatic rings. The Morgan fingerprint density at radius 3 is 2.48 bits per heavy atom. The van der Waals surface area contributed by atoms with Crippen LogP contribution in [0, 0.1) is 6.92 Å². The van der Waals surface area contributed by atoms with E-state index in [1.807, 2.05) is 6.92 Å². The van der Waals surface area contributed by atoms with Gasteiger partial charge in [0.2, 0.25) is 10.0 Å². The Kier molecular flexibility index (Phi) is 4.72. The first-order valence-electron chi connectivity index (χ1n) is 6.60. The maximum Gasteiger partial charge on any atom is 0.243 e. The Balaban J connectivity index is 2.29. The predicted molar refractivity (Wildman–Crippen MR) is 82.0 cm³/mol. The van der Waals surface area contributed by atoms with Crippen molar-refractivity contribution in [1.29, 1.82) is 0 Å². The summed E-state index contributed by atoms with van der Waals surface area (Å²) in [5.74, 6) is 0. The number of hydrogen-bond donors (Lipinski definition) is 1. The van der Waals surface area contributed by atoms with Crippen LogP contribution in [-0.4, -0.2) is 24.8 Å². The molecule has 0 saturated carbocycles. The van der Waals surface area contributed by atoms with Gasteiger partial charge in [0.15, 0.2) is 0 Å². The molecule has 0 atom stereocenters. The lowest BCUT2D eigenvalue weighted by atomic mass is 10.1. The SMILES string of the molecule is Cc1ccc(S(=O)(=O)N(C)Cc2ccncc2)cc1CN. The summed E-state index contributed by atoms with van der Waals surface area (Å²) in [7, 11) is -1.96. The number of benzene rings is 1. The molecule has 5 nitrogen and oxygen atoms in total. The maximum atomic E-state index is 12.6. The van der Waals surface area contributed by atoms with E-state index in [1.54, 1.807) is 49.8 Å². The highest BCUT2D eigenvalue weighted by Gasteiger charge is 2.21. The third-order valence-corrected chi connectivity index (χ3v) is 5.20. The van der Waals surface area contributed by atoms with Gasteiger partial charge in [-0.2, -0.15) is 4.31 Å². The molecule has 0 fully saturated rings. The quantitative estimate of drug-likeness (QED) is 0.911. The molecule has 0 unspecified atom stereocenters. The van der Waals surface area contributed by atoms with Crippen LogP contribution in [0.2, 0.25) is 0 Å². The summed E-state index contributed by atoms with van der Waals surface area (Å²) >= 11 is 0. The van der Waals surface area contributed by atoms with E-state index in [4.69, 9.17) is 5.73 Å². The van der Waals surface area contributed by atoms with E-state index >= 15 is 0 Å². The minimum absolute atomic E-state index is 0.269. The van der Waals surface area contributed by atoms with Crippen molar-refractivity contribution in [2.24, 2.45) is 5.73 Å². The molecule has 0 spiro atoms. The van der Waals surface area contributed by atoms with Gasteiger partial charge in [-0.05, 0) is 47.9 Å². The van der Waals surface area contributed by atoms with Crippen molar-refractivity contribution in [2.75, 3.05) is 7.05 Å². The normalized spacial score (nSPS) is 11.8. The standard InChI is InChI=1S/C15H19N3O2S/c1-12-3-4-15(9-14(12)10-16)21(19,20)18(2)11-13-5-7-17-8-6-13/h3-9H,10-11,16H2,1-2H3. The smallest absolute Gasteiger partial charge is 0.243 e. The third-order valence-electron chi connectivity index (χ3n) is 3.40. The number of pyridine rings is 1. The van der Waals surface area contributed by atoms with Gasteiger partial charge >= 0.3 is 0 Å². The number of aromatic nitrogens is 1. The number of aryl methyl sites for hydroxylation is 1. The first-order valence-corrected chi connectivity index (χ1v) is 8.04. The van der Waals surface area contributed by atoms with E-state index in [9.17, 15) is 8.42 Å². The zero-order valence-electron chi connectivity index (χ0n) is 12.2. The van der Waals surface area contributed by atoms with E-state index in [0.29, 0.717) is 13.1 Å². The van der Waals surface area contributed by atoms with Gasteiger partial charge in [0.05, 0.1) is 4.90 Å². The average Bonchev–Trinajstić information content (AvgIpc) is 2.48. The molecule has 21 heavy (non-hydrogen) atoms. The zero-order chi connectivity index (χ0) is 15.5. The van der Waals surface area contributed by atoms with Gasteiger partial charge < -0.3 is 5.73 Å². The molecule has 0 bridgehead atoms. The first kappa shape index (κ1) is 15.6. The summed E-state index contributed by atoms with van der Waals surface area (Å²) in [6.45, 7) is 2.54. The van der Waals surface area contributed by atoms with Crippen molar-refractivity contribution in [1.82, 2.24) is 9.29 Å². The van der Waals surface area contributed by atoms with Crippen molar-refractivity contribution in [3.8, 4) is 0 Å². The van der Waals surface area contributed by atoms with Crippen molar-refractivity contribution >= 4 is 10.0 Å². The Labute approximate surface area is 125 Å². The van der Waals surface area contributed by atoms with Crippen LogP contribution in [0.1, 0.15) is 16.7 Å². The van der Waals surface area contributed by atoms with Crippen LogP contribution in [0.25, 0.3) is 0 Å². The lowest BCUT2D eigenvalue weighted by Crippen LogP contribution is -2.26. The van der Waals surface area contributed by atoms with Crippen LogP contribution >= 0.6 is 0 Å². The number of nitrogens with two attached hydrogens (primary N) is 1. The molecule has 0 amide bonds. The highest BCUT2D eigenvalue weighted by atomic mass is 32.2. The molecule has 0 saturated heterocycles. The van der Waals surface area contributed by atoms with Gasteiger partial charge in [-0.15, -0.1) is 0 Å². The Bertz CT molecular complexity index is 715. The summed E-state index contributed by atoms with van der Waals surface area (Å²) in [4.78, 5) is 4.19. The molecule has 2 N–H and O–H groups in total. The fourth-order valence-electron chi connectivity index (χ4n) is 2.04. The molecule has 2 rings (SSSR count). The van der Waals surface area contributed by atoms with E-state index in [1.165, 1.54) is 4.31 Å². The molecule has 1 aromatic carbocycles. The Morgan fingerprint density at radius 1 is 1.19 bits per heavy atom. The Hall–Kier alpha value is -1.76. The molecule has 0 radical (unpaired) electrons.